The van der Waals surface area contributed by atoms with Crippen molar-refractivity contribution in [3.05, 3.63) is 140 Å². The van der Waals surface area contributed by atoms with E-state index in [4.69, 9.17) is 4.98 Å². The smallest absolute Gasteiger partial charge is 0.0708 e. The molecule has 0 spiro atoms. The lowest BCUT2D eigenvalue weighted by atomic mass is 9.83. The molecule has 0 atom stereocenters. The van der Waals surface area contributed by atoms with Gasteiger partial charge in [0.1, 0.15) is 0 Å². The van der Waals surface area contributed by atoms with Crippen molar-refractivity contribution in [3.8, 4) is 22.3 Å². The Morgan fingerprint density at radius 2 is 0.818 bits per heavy atom. The number of hydrogen-bond donors (Lipinski definition) is 0. The molecule has 0 aliphatic carbocycles. The third-order valence-corrected chi connectivity index (χ3v) is 11.4. The summed E-state index contributed by atoms with van der Waals surface area (Å²) in [5, 5.41) is 11.5. The summed E-state index contributed by atoms with van der Waals surface area (Å²) < 4.78 is 5.27. The van der Waals surface area contributed by atoms with E-state index in [2.05, 4.69) is 140 Å². The van der Waals surface area contributed by atoms with Crippen LogP contribution in [0.5, 0.6) is 0 Å². The summed E-state index contributed by atoms with van der Waals surface area (Å²) in [6, 6.07) is 48.9. The molecule has 0 radical (unpaired) electrons. The van der Waals surface area contributed by atoms with E-state index in [1.807, 2.05) is 22.7 Å². The van der Waals surface area contributed by atoms with Crippen molar-refractivity contribution < 1.29 is 0 Å². The van der Waals surface area contributed by atoms with E-state index >= 15 is 0 Å². The van der Waals surface area contributed by atoms with Crippen molar-refractivity contribution in [1.82, 2.24) is 4.98 Å². The molecule has 10 rings (SSSR count). The number of pyridine rings is 1. The second kappa shape index (κ2) is 9.20. The van der Waals surface area contributed by atoms with Gasteiger partial charge in [-0.05, 0) is 63.4 Å². The topological polar surface area (TPSA) is 12.9 Å². The fourth-order valence-corrected chi connectivity index (χ4v) is 9.60. The van der Waals surface area contributed by atoms with Crippen molar-refractivity contribution in [1.29, 1.82) is 0 Å². The molecule has 7 aromatic carbocycles. The van der Waals surface area contributed by atoms with E-state index in [-0.39, 0.29) is 0 Å². The SMILES string of the molecule is c1ccc2c(c1)ncc1c(-c3cccc4sc5ccccc5c34)c3ccccc3c(-c3cccc4sc5ccccc5c34)c12. The van der Waals surface area contributed by atoms with Crippen molar-refractivity contribution in [3.63, 3.8) is 0 Å². The molecule has 1 nitrogen and oxygen atoms in total. The van der Waals surface area contributed by atoms with Crippen LogP contribution in [0.25, 0.3) is 95.0 Å². The number of para-hydroxylation sites is 1. The van der Waals surface area contributed by atoms with Crippen LogP contribution in [0, 0.1) is 0 Å². The second-order valence-corrected chi connectivity index (χ2v) is 13.6. The molecule has 0 fully saturated rings. The van der Waals surface area contributed by atoms with Crippen molar-refractivity contribution >= 4 is 95.5 Å². The first kappa shape index (κ1) is 24.4. The van der Waals surface area contributed by atoms with Gasteiger partial charge in [-0.1, -0.05) is 103 Å². The normalized spacial score (nSPS) is 12.1. The number of aromatic nitrogens is 1. The molecule has 3 heterocycles. The van der Waals surface area contributed by atoms with Crippen LogP contribution in [-0.2, 0) is 0 Å². The van der Waals surface area contributed by atoms with Crippen LogP contribution in [0.4, 0.5) is 0 Å². The van der Waals surface area contributed by atoms with Gasteiger partial charge in [-0.25, -0.2) is 0 Å². The molecule has 0 N–H and O–H groups in total. The molecule has 0 aliphatic rings. The van der Waals surface area contributed by atoms with Crippen LogP contribution >= 0.6 is 22.7 Å². The van der Waals surface area contributed by atoms with Crippen LogP contribution in [0.3, 0.4) is 0 Å². The molecule has 0 aliphatic heterocycles. The molecule has 0 bridgehead atoms. The minimum atomic E-state index is 1.02. The lowest BCUT2D eigenvalue weighted by Crippen LogP contribution is -1.94. The summed E-state index contributed by atoms with van der Waals surface area (Å²) in [5.41, 5.74) is 6.11. The van der Waals surface area contributed by atoms with Crippen molar-refractivity contribution in [2.75, 3.05) is 0 Å². The molecule has 0 saturated carbocycles. The Kier molecular flexibility index (Phi) is 5.10. The zero-order valence-corrected chi connectivity index (χ0v) is 25.2. The summed E-state index contributed by atoms with van der Waals surface area (Å²) in [6.07, 6.45) is 2.13. The Balaban J connectivity index is 1.47. The fourth-order valence-electron chi connectivity index (χ4n) is 7.33. The van der Waals surface area contributed by atoms with Gasteiger partial charge in [-0.15, -0.1) is 22.7 Å². The average molecular weight is 594 g/mol. The van der Waals surface area contributed by atoms with Crippen LogP contribution in [0.2, 0.25) is 0 Å². The highest BCUT2D eigenvalue weighted by Crippen LogP contribution is 2.51. The molecule has 204 valence electrons. The second-order valence-electron chi connectivity index (χ2n) is 11.4. The van der Waals surface area contributed by atoms with Gasteiger partial charge >= 0.3 is 0 Å². The van der Waals surface area contributed by atoms with Gasteiger partial charge in [0.15, 0.2) is 0 Å². The maximum atomic E-state index is 5.07. The standard InChI is InChI=1S/C41H23NS2/c1-2-12-25-24(11-1)37(29-16-9-21-35-38(29)27-14-4-7-19-33(27)43-35)31-23-42-32-18-6-3-13-26(32)41(31)40(25)30-17-10-22-36-39(30)28-15-5-8-20-34(28)44-36/h1-23H. The predicted molar refractivity (Wildman–Crippen MR) is 193 cm³/mol. The van der Waals surface area contributed by atoms with E-state index in [1.165, 1.54) is 89.5 Å². The molecule has 0 saturated heterocycles. The monoisotopic (exact) mass is 593 g/mol. The average Bonchev–Trinajstić information content (AvgIpc) is 3.66. The lowest BCUT2D eigenvalue weighted by Gasteiger charge is -2.20. The molecule has 3 aromatic heterocycles. The fraction of sp³-hybridized carbons (Fsp3) is 0. The minimum absolute atomic E-state index is 1.02. The largest absolute Gasteiger partial charge is 0.256 e. The number of fused-ring (bicyclic) bond motifs is 10. The molecular formula is C41H23NS2. The highest BCUT2D eigenvalue weighted by atomic mass is 32.1. The van der Waals surface area contributed by atoms with Crippen LogP contribution in [-0.4, -0.2) is 4.98 Å². The highest BCUT2D eigenvalue weighted by molar-refractivity contribution is 7.26. The van der Waals surface area contributed by atoms with Gasteiger partial charge in [0.2, 0.25) is 0 Å². The van der Waals surface area contributed by atoms with E-state index in [0.717, 1.165) is 5.52 Å². The van der Waals surface area contributed by atoms with Gasteiger partial charge < -0.3 is 0 Å². The summed E-state index contributed by atoms with van der Waals surface area (Å²) in [4.78, 5) is 5.07. The molecular weight excluding hydrogens is 571 g/mol. The zero-order chi connectivity index (χ0) is 28.8. The maximum absolute atomic E-state index is 5.07. The predicted octanol–water partition coefficient (Wildman–Crippen LogP) is 12.6. The first-order valence-electron chi connectivity index (χ1n) is 14.9. The first-order chi connectivity index (χ1) is 21.8. The van der Waals surface area contributed by atoms with Crippen molar-refractivity contribution in [2.24, 2.45) is 0 Å². The number of thiophene rings is 2. The van der Waals surface area contributed by atoms with Crippen LogP contribution in [0.1, 0.15) is 0 Å². The molecule has 0 unspecified atom stereocenters. The van der Waals surface area contributed by atoms with Crippen LogP contribution in [0.15, 0.2) is 140 Å². The van der Waals surface area contributed by atoms with Gasteiger partial charge in [0.05, 0.1) is 5.52 Å². The summed E-state index contributed by atoms with van der Waals surface area (Å²) in [7, 11) is 0. The van der Waals surface area contributed by atoms with E-state index in [0.29, 0.717) is 0 Å². The summed E-state index contributed by atoms with van der Waals surface area (Å²) in [5.74, 6) is 0. The lowest BCUT2D eigenvalue weighted by molar-refractivity contribution is 1.45. The number of benzene rings is 7. The van der Waals surface area contributed by atoms with Gasteiger partial charge in [-0.3, -0.25) is 4.98 Å². The molecule has 3 heteroatoms. The number of nitrogens with zero attached hydrogens (tertiary/aromatic N) is 1. The number of rotatable bonds is 2. The Morgan fingerprint density at radius 1 is 0.341 bits per heavy atom. The van der Waals surface area contributed by atoms with E-state index in [9.17, 15) is 0 Å². The maximum Gasteiger partial charge on any atom is 0.0708 e. The van der Waals surface area contributed by atoms with E-state index in [1.54, 1.807) is 0 Å². The Morgan fingerprint density at radius 3 is 1.45 bits per heavy atom. The Labute approximate surface area is 261 Å². The molecule has 44 heavy (non-hydrogen) atoms. The van der Waals surface area contributed by atoms with E-state index < -0.39 is 0 Å². The molecule has 0 amide bonds. The van der Waals surface area contributed by atoms with Gasteiger partial charge in [0, 0.05) is 62.7 Å². The van der Waals surface area contributed by atoms with Crippen LogP contribution < -0.4 is 0 Å². The Bertz CT molecular complexity index is 2780. The third kappa shape index (κ3) is 3.31. The third-order valence-electron chi connectivity index (χ3n) is 9.10. The van der Waals surface area contributed by atoms with Crippen molar-refractivity contribution in [2.45, 2.75) is 0 Å². The quantitative estimate of drug-likeness (QED) is 0.143. The summed E-state index contributed by atoms with van der Waals surface area (Å²) in [6.45, 7) is 0. The number of hydrogen-bond acceptors (Lipinski definition) is 3. The molecule has 10 aromatic rings. The summed E-state index contributed by atoms with van der Waals surface area (Å²) >= 11 is 3.75. The van der Waals surface area contributed by atoms with Gasteiger partial charge in [0.25, 0.3) is 0 Å². The minimum Gasteiger partial charge on any atom is -0.256 e. The zero-order valence-electron chi connectivity index (χ0n) is 23.5. The first-order valence-corrected chi connectivity index (χ1v) is 16.5. The van der Waals surface area contributed by atoms with Gasteiger partial charge in [-0.2, -0.15) is 0 Å². The Hall–Kier alpha value is -5.09. The highest BCUT2D eigenvalue weighted by Gasteiger charge is 2.23.